The molecule has 0 amide bonds. The molecule has 0 radical (unpaired) electrons. The number of benzene rings is 1. The Hall–Kier alpha value is -1.60. The molecule has 3 nitrogen and oxygen atoms in total. The van der Waals surface area contributed by atoms with Gasteiger partial charge in [-0.05, 0) is 43.7 Å². The van der Waals surface area contributed by atoms with Gasteiger partial charge in [0.1, 0.15) is 24.2 Å². The Labute approximate surface area is 101 Å². The summed E-state index contributed by atoms with van der Waals surface area (Å²) in [4.78, 5) is 0. The Balaban J connectivity index is 2.51. The molecular formula is C13H17FN2O. The lowest BCUT2D eigenvalue weighted by atomic mass is 10.2. The Morgan fingerprint density at radius 2 is 2.29 bits per heavy atom. The van der Waals surface area contributed by atoms with Crippen LogP contribution in [-0.2, 0) is 0 Å². The Morgan fingerprint density at radius 1 is 1.53 bits per heavy atom. The van der Waals surface area contributed by atoms with Crippen molar-refractivity contribution in [3.63, 3.8) is 0 Å². The molecule has 0 aliphatic rings. The molecule has 0 spiro atoms. The fourth-order valence-electron chi connectivity index (χ4n) is 1.41. The van der Waals surface area contributed by atoms with Crippen LogP contribution in [0.2, 0.25) is 0 Å². The van der Waals surface area contributed by atoms with Crippen LogP contribution in [0, 0.1) is 24.1 Å². The van der Waals surface area contributed by atoms with Crippen molar-refractivity contribution in [2.75, 3.05) is 13.2 Å². The van der Waals surface area contributed by atoms with Crippen LogP contribution in [0.25, 0.3) is 0 Å². The highest BCUT2D eigenvalue weighted by Gasteiger charge is 2.08. The third kappa shape index (κ3) is 4.41. The second-order valence-electron chi connectivity index (χ2n) is 3.86. The number of hydrogen-bond acceptors (Lipinski definition) is 3. The first kappa shape index (κ1) is 13.5. The Bertz CT molecular complexity index is 401. The third-order valence-electron chi connectivity index (χ3n) is 2.34. The minimum atomic E-state index is -0.334. The zero-order valence-electron chi connectivity index (χ0n) is 10.2. The van der Waals surface area contributed by atoms with E-state index in [2.05, 4.69) is 11.4 Å². The molecule has 17 heavy (non-hydrogen) atoms. The molecule has 1 unspecified atom stereocenters. The van der Waals surface area contributed by atoms with E-state index < -0.39 is 0 Å². The van der Waals surface area contributed by atoms with Crippen LogP contribution in [0.3, 0.4) is 0 Å². The van der Waals surface area contributed by atoms with Crippen molar-refractivity contribution in [1.29, 1.82) is 5.26 Å². The van der Waals surface area contributed by atoms with Gasteiger partial charge in [-0.15, -0.1) is 0 Å². The van der Waals surface area contributed by atoms with Gasteiger partial charge in [-0.2, -0.15) is 5.26 Å². The second-order valence-corrected chi connectivity index (χ2v) is 3.86. The lowest BCUT2D eigenvalue weighted by Gasteiger charge is -2.13. The molecule has 4 heteroatoms. The molecule has 0 aromatic heterocycles. The number of nitrogens with one attached hydrogen (secondary N) is 1. The fourth-order valence-corrected chi connectivity index (χ4v) is 1.41. The smallest absolute Gasteiger partial charge is 0.130 e. The van der Waals surface area contributed by atoms with E-state index in [0.717, 1.165) is 18.5 Å². The molecule has 0 saturated heterocycles. The molecule has 0 aliphatic carbocycles. The fraction of sp³-hybridized carbons (Fsp3) is 0.462. The van der Waals surface area contributed by atoms with Gasteiger partial charge in [0.25, 0.3) is 0 Å². The number of nitriles is 1. The zero-order chi connectivity index (χ0) is 12.7. The molecule has 0 aliphatic heterocycles. The van der Waals surface area contributed by atoms with Gasteiger partial charge in [-0.3, -0.25) is 5.32 Å². The van der Waals surface area contributed by atoms with Crippen molar-refractivity contribution in [2.45, 2.75) is 26.3 Å². The second kappa shape index (κ2) is 6.87. The normalized spacial score (nSPS) is 11.9. The molecule has 0 heterocycles. The van der Waals surface area contributed by atoms with Crippen LogP contribution in [-0.4, -0.2) is 19.2 Å². The van der Waals surface area contributed by atoms with Crippen molar-refractivity contribution in [2.24, 2.45) is 0 Å². The van der Waals surface area contributed by atoms with Crippen molar-refractivity contribution in [3.05, 3.63) is 29.6 Å². The van der Waals surface area contributed by atoms with Crippen molar-refractivity contribution in [3.8, 4) is 11.8 Å². The first-order valence-corrected chi connectivity index (χ1v) is 5.69. The molecule has 92 valence electrons. The van der Waals surface area contributed by atoms with Crippen molar-refractivity contribution >= 4 is 0 Å². The minimum absolute atomic E-state index is 0.267. The van der Waals surface area contributed by atoms with Gasteiger partial charge in [-0.1, -0.05) is 6.92 Å². The summed E-state index contributed by atoms with van der Waals surface area (Å²) in [6.45, 7) is 4.86. The summed E-state index contributed by atoms with van der Waals surface area (Å²) in [7, 11) is 0. The number of ether oxygens (including phenoxy) is 1. The number of nitrogens with zero attached hydrogens (tertiary/aromatic N) is 1. The summed E-state index contributed by atoms with van der Waals surface area (Å²) >= 11 is 0. The van der Waals surface area contributed by atoms with Gasteiger partial charge in [0.15, 0.2) is 0 Å². The van der Waals surface area contributed by atoms with E-state index in [4.69, 9.17) is 10.00 Å². The molecule has 1 rings (SSSR count). The largest absolute Gasteiger partial charge is 0.491 e. The lowest BCUT2D eigenvalue weighted by molar-refractivity contribution is 0.287. The highest BCUT2D eigenvalue weighted by Crippen LogP contribution is 2.18. The van der Waals surface area contributed by atoms with Crippen LogP contribution >= 0.6 is 0 Å². The summed E-state index contributed by atoms with van der Waals surface area (Å²) < 4.78 is 18.3. The topological polar surface area (TPSA) is 45.0 Å². The average molecular weight is 236 g/mol. The molecule has 0 fully saturated rings. The lowest BCUT2D eigenvalue weighted by Crippen LogP contribution is -2.33. The molecule has 0 saturated carbocycles. The van der Waals surface area contributed by atoms with Crippen LogP contribution in [0.1, 0.15) is 18.9 Å². The van der Waals surface area contributed by atoms with Gasteiger partial charge in [0, 0.05) is 0 Å². The Morgan fingerprint density at radius 3 is 2.88 bits per heavy atom. The van der Waals surface area contributed by atoms with E-state index in [0.29, 0.717) is 5.75 Å². The Kier molecular flexibility index (Phi) is 5.44. The molecule has 0 bridgehead atoms. The highest BCUT2D eigenvalue weighted by molar-refractivity contribution is 5.32. The third-order valence-corrected chi connectivity index (χ3v) is 2.34. The summed E-state index contributed by atoms with van der Waals surface area (Å²) in [6.07, 6.45) is 0.966. The maximum Gasteiger partial charge on any atom is 0.130 e. The highest BCUT2D eigenvalue weighted by atomic mass is 19.1. The minimum Gasteiger partial charge on any atom is -0.491 e. The molecule has 1 aromatic rings. The first-order valence-electron chi connectivity index (χ1n) is 5.69. The number of hydrogen-bond donors (Lipinski definition) is 1. The monoisotopic (exact) mass is 236 g/mol. The van der Waals surface area contributed by atoms with E-state index in [9.17, 15) is 4.39 Å². The van der Waals surface area contributed by atoms with Crippen LogP contribution in [0.15, 0.2) is 18.2 Å². The maximum absolute atomic E-state index is 12.9. The molecule has 1 atom stereocenters. The predicted molar refractivity (Wildman–Crippen MR) is 64.3 cm³/mol. The van der Waals surface area contributed by atoms with Gasteiger partial charge in [0.05, 0.1) is 6.07 Å². The van der Waals surface area contributed by atoms with E-state index in [1.807, 2.05) is 6.92 Å². The summed E-state index contributed by atoms with van der Waals surface area (Å²) in [5.74, 6) is 0.334. The molecular weight excluding hydrogens is 219 g/mol. The first-order chi connectivity index (χ1) is 8.17. The van der Waals surface area contributed by atoms with Crippen molar-refractivity contribution in [1.82, 2.24) is 5.32 Å². The van der Waals surface area contributed by atoms with E-state index >= 15 is 0 Å². The standard InChI is InChI=1S/C13H17FN2O/c1-3-6-16-12(8-15)9-17-13-5-4-11(14)7-10(13)2/h4-5,7,12,16H,3,6,9H2,1-2H3. The number of halogens is 1. The van der Waals surface area contributed by atoms with E-state index in [1.165, 1.54) is 12.1 Å². The maximum atomic E-state index is 12.9. The number of aryl methyl sites for hydroxylation is 1. The van der Waals surface area contributed by atoms with E-state index in [-0.39, 0.29) is 18.5 Å². The molecule has 1 N–H and O–H groups in total. The summed E-state index contributed by atoms with van der Waals surface area (Å²) in [5, 5.41) is 12.0. The summed E-state index contributed by atoms with van der Waals surface area (Å²) in [6, 6.07) is 6.14. The molecule has 1 aromatic carbocycles. The SMILES string of the molecule is CCCNC(C#N)COc1ccc(F)cc1C. The van der Waals surface area contributed by atoms with Gasteiger partial charge >= 0.3 is 0 Å². The average Bonchev–Trinajstić information content (AvgIpc) is 2.31. The zero-order valence-corrected chi connectivity index (χ0v) is 10.2. The van der Waals surface area contributed by atoms with Gasteiger partial charge in [0.2, 0.25) is 0 Å². The quantitative estimate of drug-likeness (QED) is 0.825. The van der Waals surface area contributed by atoms with Gasteiger partial charge < -0.3 is 4.74 Å². The van der Waals surface area contributed by atoms with E-state index in [1.54, 1.807) is 13.0 Å². The van der Waals surface area contributed by atoms with Crippen LogP contribution in [0.4, 0.5) is 4.39 Å². The summed E-state index contributed by atoms with van der Waals surface area (Å²) in [5.41, 5.74) is 0.734. The van der Waals surface area contributed by atoms with Crippen molar-refractivity contribution < 1.29 is 9.13 Å². The van der Waals surface area contributed by atoms with Gasteiger partial charge in [-0.25, -0.2) is 4.39 Å². The number of rotatable bonds is 6. The predicted octanol–water partition coefficient (Wildman–Crippen LogP) is 2.40. The van der Waals surface area contributed by atoms with Crippen LogP contribution in [0.5, 0.6) is 5.75 Å². The van der Waals surface area contributed by atoms with Crippen LogP contribution < -0.4 is 10.1 Å².